The Bertz CT molecular complexity index is 571. The van der Waals surface area contributed by atoms with Crippen LogP contribution in [0.5, 0.6) is 0 Å². The van der Waals surface area contributed by atoms with E-state index in [-0.39, 0.29) is 17.7 Å². The molecule has 152 valence electrons. The summed E-state index contributed by atoms with van der Waals surface area (Å²) in [6.07, 6.45) is 6.57. The second kappa shape index (κ2) is 10.7. The van der Waals surface area contributed by atoms with Crippen LogP contribution < -0.4 is 10.7 Å². The van der Waals surface area contributed by atoms with Gasteiger partial charge in [0.1, 0.15) is 0 Å². The first kappa shape index (κ1) is 21.7. The van der Waals surface area contributed by atoms with Crippen molar-refractivity contribution in [1.82, 2.24) is 15.6 Å². The molecule has 0 aromatic heterocycles. The number of nitrogens with one attached hydrogen (secondary N) is 2. The normalized spacial score (nSPS) is 21.2. The quantitative estimate of drug-likeness (QED) is 0.391. The molecule has 1 heterocycles. The Hall–Kier alpha value is -1.57. The Balaban J connectivity index is 1.97. The Kier molecular flexibility index (Phi) is 8.60. The van der Waals surface area contributed by atoms with Crippen LogP contribution in [0.15, 0.2) is 5.10 Å². The molecule has 27 heavy (non-hydrogen) atoms. The number of hydrogen-bond donors (Lipinski definition) is 2. The number of Topliss-reactive ketones (excluding diaryl/α,β-unsaturated/α-hetero) is 1. The summed E-state index contributed by atoms with van der Waals surface area (Å²) < 4.78 is 0. The van der Waals surface area contributed by atoms with E-state index < -0.39 is 17.7 Å². The van der Waals surface area contributed by atoms with E-state index in [1.807, 2.05) is 25.8 Å². The Labute approximate surface area is 166 Å². The summed E-state index contributed by atoms with van der Waals surface area (Å²) in [5.41, 5.74) is 2.36. The van der Waals surface area contributed by atoms with Gasteiger partial charge in [-0.2, -0.15) is 0 Å². The van der Waals surface area contributed by atoms with E-state index in [2.05, 4.69) is 15.8 Å². The fraction of sp³-hybridized carbons (Fsp3) is 0.789. The van der Waals surface area contributed by atoms with Gasteiger partial charge in [0.05, 0.1) is 6.04 Å². The lowest BCUT2D eigenvalue weighted by atomic mass is 9.96. The van der Waals surface area contributed by atoms with E-state index in [0.29, 0.717) is 11.6 Å². The highest BCUT2D eigenvalue weighted by molar-refractivity contribution is 8.14. The molecule has 0 aromatic carbocycles. The molecular formula is C19H32N4O3S. The summed E-state index contributed by atoms with van der Waals surface area (Å²) in [5.74, 6) is -0.449. The van der Waals surface area contributed by atoms with Crippen LogP contribution in [-0.4, -0.2) is 53.1 Å². The van der Waals surface area contributed by atoms with Crippen molar-refractivity contribution in [2.24, 2.45) is 16.9 Å². The highest BCUT2D eigenvalue weighted by Crippen LogP contribution is 2.23. The van der Waals surface area contributed by atoms with Crippen molar-refractivity contribution in [2.75, 3.05) is 19.3 Å². The lowest BCUT2D eigenvalue weighted by Crippen LogP contribution is -2.49. The van der Waals surface area contributed by atoms with Gasteiger partial charge in [0.15, 0.2) is 5.17 Å². The van der Waals surface area contributed by atoms with Gasteiger partial charge in [-0.3, -0.25) is 14.4 Å². The first-order valence-electron chi connectivity index (χ1n) is 9.94. The van der Waals surface area contributed by atoms with Gasteiger partial charge in [-0.25, -0.2) is 5.43 Å². The molecule has 7 nitrogen and oxygen atoms in total. The van der Waals surface area contributed by atoms with Crippen LogP contribution in [0.25, 0.3) is 0 Å². The van der Waals surface area contributed by atoms with Crippen LogP contribution in [0.4, 0.5) is 0 Å². The first-order chi connectivity index (χ1) is 12.9. The second-order valence-corrected chi connectivity index (χ2v) is 8.91. The fourth-order valence-electron chi connectivity index (χ4n) is 3.44. The average Bonchev–Trinajstić information content (AvgIpc) is 2.86. The number of hydrogen-bond acceptors (Lipinski definition) is 5. The second-order valence-electron chi connectivity index (χ2n) is 7.85. The van der Waals surface area contributed by atoms with Gasteiger partial charge < -0.3 is 10.2 Å². The molecule has 8 heteroatoms. The summed E-state index contributed by atoms with van der Waals surface area (Å²) in [6, 6.07) is -0.796. The Morgan fingerprint density at radius 3 is 2.41 bits per heavy atom. The topological polar surface area (TPSA) is 90.9 Å². The summed E-state index contributed by atoms with van der Waals surface area (Å²) in [6.45, 7) is 4.81. The molecular weight excluding hydrogens is 364 g/mol. The molecule has 2 aliphatic rings. The number of amides is 2. The van der Waals surface area contributed by atoms with Crippen molar-refractivity contribution in [2.45, 2.75) is 64.8 Å². The van der Waals surface area contributed by atoms with Crippen LogP contribution in [-0.2, 0) is 14.4 Å². The maximum absolute atomic E-state index is 12.6. The number of hydrazone groups is 1. The molecule has 1 atom stereocenters. The van der Waals surface area contributed by atoms with Crippen molar-refractivity contribution >= 4 is 34.5 Å². The third-order valence-electron chi connectivity index (χ3n) is 5.03. The molecule has 1 saturated carbocycles. The SMILES string of the molecule is CC(C)C[C@H](NC(=O)C1CCCCCC1)C(=O)C(=O)NN=C1SCCN1C. The van der Waals surface area contributed by atoms with E-state index in [9.17, 15) is 14.4 Å². The summed E-state index contributed by atoms with van der Waals surface area (Å²) in [5, 5.41) is 7.58. The van der Waals surface area contributed by atoms with E-state index in [4.69, 9.17) is 0 Å². The van der Waals surface area contributed by atoms with E-state index in [1.54, 1.807) is 0 Å². The predicted molar refractivity (Wildman–Crippen MR) is 108 cm³/mol. The Morgan fingerprint density at radius 2 is 1.85 bits per heavy atom. The Morgan fingerprint density at radius 1 is 1.19 bits per heavy atom. The number of carbonyl (C=O) groups is 3. The minimum absolute atomic E-state index is 0.0539. The molecule has 0 bridgehead atoms. The van der Waals surface area contributed by atoms with Crippen molar-refractivity contribution in [3.63, 3.8) is 0 Å². The molecule has 0 unspecified atom stereocenters. The van der Waals surface area contributed by atoms with Gasteiger partial charge in [-0.15, -0.1) is 5.10 Å². The van der Waals surface area contributed by atoms with Crippen LogP contribution in [0.2, 0.25) is 0 Å². The van der Waals surface area contributed by atoms with Crippen molar-refractivity contribution < 1.29 is 14.4 Å². The number of amidine groups is 1. The zero-order valence-electron chi connectivity index (χ0n) is 16.6. The number of rotatable bonds is 7. The minimum atomic E-state index is -0.796. The van der Waals surface area contributed by atoms with Gasteiger partial charge in [0, 0.05) is 25.3 Å². The number of carbonyl (C=O) groups excluding carboxylic acids is 3. The van der Waals surface area contributed by atoms with E-state index in [1.165, 1.54) is 11.8 Å². The molecule has 2 amide bonds. The largest absolute Gasteiger partial charge is 0.352 e. The average molecular weight is 397 g/mol. The predicted octanol–water partition coefficient (Wildman–Crippen LogP) is 2.12. The third kappa shape index (κ3) is 6.83. The molecule has 2 rings (SSSR count). The molecule has 0 radical (unpaired) electrons. The van der Waals surface area contributed by atoms with Gasteiger partial charge in [-0.1, -0.05) is 51.3 Å². The molecule has 2 fully saturated rings. The number of ketones is 1. The molecule has 1 saturated heterocycles. The van der Waals surface area contributed by atoms with Crippen LogP contribution in [0.1, 0.15) is 58.8 Å². The smallest absolute Gasteiger partial charge is 0.309 e. The lowest BCUT2D eigenvalue weighted by molar-refractivity contribution is -0.140. The van der Waals surface area contributed by atoms with Crippen LogP contribution in [0.3, 0.4) is 0 Å². The molecule has 0 spiro atoms. The monoisotopic (exact) mass is 396 g/mol. The molecule has 1 aliphatic heterocycles. The lowest BCUT2D eigenvalue weighted by Gasteiger charge is -2.22. The zero-order chi connectivity index (χ0) is 19.8. The highest BCUT2D eigenvalue weighted by Gasteiger charge is 2.30. The maximum atomic E-state index is 12.6. The van der Waals surface area contributed by atoms with Gasteiger partial charge >= 0.3 is 5.91 Å². The van der Waals surface area contributed by atoms with E-state index >= 15 is 0 Å². The van der Waals surface area contributed by atoms with Gasteiger partial charge in [0.25, 0.3) is 0 Å². The molecule has 2 N–H and O–H groups in total. The van der Waals surface area contributed by atoms with E-state index in [0.717, 1.165) is 50.8 Å². The van der Waals surface area contributed by atoms with Crippen molar-refractivity contribution in [3.8, 4) is 0 Å². The standard InChI is InChI=1S/C19H32N4O3S/c1-13(2)12-15(20-17(25)14-8-6-4-5-7-9-14)16(24)18(26)21-22-19-23(3)10-11-27-19/h13-15H,4-12H2,1-3H3,(H,20,25)(H,21,26)/t15-/m0/s1. The maximum Gasteiger partial charge on any atom is 0.309 e. The minimum Gasteiger partial charge on any atom is -0.352 e. The summed E-state index contributed by atoms with van der Waals surface area (Å²) in [4.78, 5) is 39.5. The number of nitrogens with zero attached hydrogens (tertiary/aromatic N) is 2. The van der Waals surface area contributed by atoms with Crippen molar-refractivity contribution in [1.29, 1.82) is 0 Å². The van der Waals surface area contributed by atoms with Crippen LogP contribution >= 0.6 is 11.8 Å². The molecule has 1 aliphatic carbocycles. The fourth-order valence-corrected chi connectivity index (χ4v) is 4.41. The first-order valence-corrected chi connectivity index (χ1v) is 10.9. The molecule has 0 aromatic rings. The van der Waals surface area contributed by atoms with Crippen LogP contribution in [0, 0.1) is 11.8 Å². The number of thioether (sulfide) groups is 1. The van der Waals surface area contributed by atoms with Gasteiger partial charge in [-0.05, 0) is 25.2 Å². The third-order valence-corrected chi connectivity index (χ3v) is 6.08. The van der Waals surface area contributed by atoms with Gasteiger partial charge in [0.2, 0.25) is 11.7 Å². The summed E-state index contributed by atoms with van der Waals surface area (Å²) >= 11 is 1.53. The van der Waals surface area contributed by atoms with Crippen molar-refractivity contribution in [3.05, 3.63) is 0 Å². The highest BCUT2D eigenvalue weighted by atomic mass is 32.2. The summed E-state index contributed by atoms with van der Waals surface area (Å²) in [7, 11) is 1.89. The zero-order valence-corrected chi connectivity index (χ0v) is 17.4.